The van der Waals surface area contributed by atoms with Crippen LogP contribution in [-0.2, 0) is 23.0 Å². The first-order valence-electron chi connectivity index (χ1n) is 7.90. The molecule has 24 heavy (non-hydrogen) atoms. The fraction of sp³-hybridized carbons (Fsp3) is 0.438. The van der Waals surface area contributed by atoms with Crippen molar-refractivity contribution in [3.63, 3.8) is 0 Å². The third-order valence-electron chi connectivity index (χ3n) is 4.05. The quantitative estimate of drug-likeness (QED) is 0.812. The Labute approximate surface area is 145 Å². The van der Waals surface area contributed by atoms with Crippen molar-refractivity contribution < 1.29 is 12.8 Å². The van der Waals surface area contributed by atoms with Crippen molar-refractivity contribution in [2.75, 3.05) is 26.2 Å². The Morgan fingerprint density at radius 2 is 2.00 bits per heavy atom. The maximum atomic E-state index is 13.3. The van der Waals surface area contributed by atoms with Gasteiger partial charge in [0.15, 0.2) is 0 Å². The van der Waals surface area contributed by atoms with Crippen molar-refractivity contribution in [3.8, 4) is 0 Å². The molecule has 5 nitrogen and oxygen atoms in total. The molecular formula is C16H20FN3O2S2. The van der Waals surface area contributed by atoms with E-state index in [4.69, 9.17) is 0 Å². The Kier molecular flexibility index (Phi) is 5.29. The van der Waals surface area contributed by atoms with Crippen LogP contribution < -0.4 is 0 Å². The number of aromatic nitrogens is 1. The largest absolute Gasteiger partial charge is 0.295 e. The number of hydrogen-bond acceptors (Lipinski definition) is 5. The van der Waals surface area contributed by atoms with Gasteiger partial charge in [0.05, 0.1) is 15.6 Å². The van der Waals surface area contributed by atoms with Gasteiger partial charge in [-0.15, -0.1) is 11.3 Å². The lowest BCUT2D eigenvalue weighted by molar-refractivity contribution is 0.180. The Morgan fingerprint density at radius 1 is 1.25 bits per heavy atom. The van der Waals surface area contributed by atoms with Gasteiger partial charge < -0.3 is 0 Å². The molecular weight excluding hydrogens is 349 g/mol. The smallest absolute Gasteiger partial charge is 0.243 e. The highest BCUT2D eigenvalue weighted by atomic mass is 32.2. The van der Waals surface area contributed by atoms with Crippen molar-refractivity contribution in [2.45, 2.75) is 24.8 Å². The molecule has 2 heterocycles. The highest BCUT2D eigenvalue weighted by Crippen LogP contribution is 2.19. The molecule has 1 saturated heterocycles. The number of piperazine rings is 1. The van der Waals surface area contributed by atoms with Crippen LogP contribution in [0.25, 0.3) is 0 Å². The molecule has 0 radical (unpaired) electrons. The molecule has 3 rings (SSSR count). The van der Waals surface area contributed by atoms with Gasteiger partial charge in [0.2, 0.25) is 10.0 Å². The van der Waals surface area contributed by atoms with Crippen molar-refractivity contribution in [3.05, 3.63) is 46.2 Å². The highest BCUT2D eigenvalue weighted by Gasteiger charge is 2.28. The summed E-state index contributed by atoms with van der Waals surface area (Å²) in [6, 6.07) is 5.18. The lowest BCUT2D eigenvalue weighted by atomic mass is 10.3. The average molecular weight is 369 g/mol. The minimum Gasteiger partial charge on any atom is -0.295 e. The van der Waals surface area contributed by atoms with Crippen LogP contribution in [0.5, 0.6) is 0 Å². The Bertz CT molecular complexity index is 799. The van der Waals surface area contributed by atoms with Crippen molar-refractivity contribution in [1.82, 2.24) is 14.2 Å². The van der Waals surface area contributed by atoms with Gasteiger partial charge in [-0.05, 0) is 24.6 Å². The molecule has 0 saturated carbocycles. The fourth-order valence-electron chi connectivity index (χ4n) is 2.72. The van der Waals surface area contributed by atoms with Gasteiger partial charge in [0.25, 0.3) is 0 Å². The van der Waals surface area contributed by atoms with E-state index in [0.29, 0.717) is 26.2 Å². The zero-order valence-electron chi connectivity index (χ0n) is 13.5. The molecule has 1 fully saturated rings. The van der Waals surface area contributed by atoms with E-state index in [1.165, 1.54) is 22.5 Å². The summed E-state index contributed by atoms with van der Waals surface area (Å²) in [5.74, 6) is -0.537. The third-order valence-corrected chi connectivity index (χ3v) is 6.99. The second-order valence-corrected chi connectivity index (χ2v) is 8.60. The van der Waals surface area contributed by atoms with E-state index in [1.54, 1.807) is 11.3 Å². The molecule has 1 aromatic heterocycles. The third kappa shape index (κ3) is 3.83. The van der Waals surface area contributed by atoms with Crippen molar-refractivity contribution in [2.24, 2.45) is 0 Å². The van der Waals surface area contributed by atoms with E-state index >= 15 is 0 Å². The van der Waals surface area contributed by atoms with E-state index in [0.717, 1.165) is 29.7 Å². The zero-order chi connectivity index (χ0) is 17.2. The summed E-state index contributed by atoms with van der Waals surface area (Å²) < 4.78 is 39.9. The van der Waals surface area contributed by atoms with Crippen LogP contribution in [0.3, 0.4) is 0 Å². The number of aryl methyl sites for hydroxylation is 1. The van der Waals surface area contributed by atoms with Crippen LogP contribution in [0.15, 0.2) is 34.5 Å². The zero-order valence-corrected chi connectivity index (χ0v) is 15.1. The lowest BCUT2D eigenvalue weighted by Gasteiger charge is -2.33. The van der Waals surface area contributed by atoms with E-state index in [9.17, 15) is 12.8 Å². The molecule has 0 amide bonds. The van der Waals surface area contributed by atoms with Crippen LogP contribution in [0, 0.1) is 5.82 Å². The maximum absolute atomic E-state index is 13.3. The van der Waals surface area contributed by atoms with Gasteiger partial charge in [-0.25, -0.2) is 17.8 Å². The topological polar surface area (TPSA) is 53.5 Å². The van der Waals surface area contributed by atoms with Gasteiger partial charge >= 0.3 is 0 Å². The normalized spacial score (nSPS) is 17.2. The molecule has 0 bridgehead atoms. The molecule has 1 aliphatic heterocycles. The molecule has 8 heteroatoms. The van der Waals surface area contributed by atoms with Crippen molar-refractivity contribution >= 4 is 21.4 Å². The lowest BCUT2D eigenvalue weighted by Crippen LogP contribution is -2.48. The molecule has 0 atom stereocenters. The number of rotatable bonds is 5. The minimum absolute atomic E-state index is 0.0167. The first kappa shape index (κ1) is 17.5. The monoisotopic (exact) mass is 369 g/mol. The number of nitrogens with zero attached hydrogens (tertiary/aromatic N) is 3. The van der Waals surface area contributed by atoms with Gasteiger partial charge in [0, 0.05) is 38.1 Å². The highest BCUT2D eigenvalue weighted by molar-refractivity contribution is 7.89. The second-order valence-electron chi connectivity index (χ2n) is 5.72. The van der Waals surface area contributed by atoms with Crippen LogP contribution in [-0.4, -0.2) is 48.8 Å². The molecule has 1 aromatic carbocycles. The van der Waals surface area contributed by atoms with Crippen LogP contribution >= 0.6 is 11.3 Å². The minimum atomic E-state index is -3.63. The average Bonchev–Trinajstić information content (AvgIpc) is 3.03. The summed E-state index contributed by atoms with van der Waals surface area (Å²) in [7, 11) is -3.63. The maximum Gasteiger partial charge on any atom is 0.243 e. The molecule has 130 valence electrons. The first-order valence-corrected chi connectivity index (χ1v) is 10.2. The number of thiazole rings is 1. The van der Waals surface area contributed by atoms with Crippen LogP contribution in [0.2, 0.25) is 0 Å². The fourth-order valence-corrected chi connectivity index (χ4v) is 4.91. The summed E-state index contributed by atoms with van der Waals surface area (Å²) in [6.07, 6.45) is 0.935. The predicted molar refractivity (Wildman–Crippen MR) is 91.9 cm³/mol. The summed E-state index contributed by atoms with van der Waals surface area (Å²) in [6.45, 7) is 4.93. The molecule has 0 spiro atoms. The van der Waals surface area contributed by atoms with E-state index in [-0.39, 0.29) is 4.90 Å². The summed E-state index contributed by atoms with van der Waals surface area (Å²) >= 11 is 1.66. The molecule has 2 aromatic rings. The van der Waals surface area contributed by atoms with Crippen molar-refractivity contribution in [1.29, 1.82) is 0 Å². The SMILES string of the molecule is CCc1nc(CN2CCN(S(=O)(=O)c3cccc(F)c3)CC2)cs1. The van der Waals surface area contributed by atoms with Crippen LogP contribution in [0.4, 0.5) is 4.39 Å². The van der Waals surface area contributed by atoms with Gasteiger partial charge in [-0.3, -0.25) is 4.90 Å². The number of sulfonamides is 1. The van der Waals surface area contributed by atoms with Crippen LogP contribution in [0.1, 0.15) is 17.6 Å². The molecule has 1 aliphatic rings. The summed E-state index contributed by atoms with van der Waals surface area (Å²) in [5, 5.41) is 3.19. The predicted octanol–water partition coefficient (Wildman–Crippen LogP) is 2.35. The number of benzene rings is 1. The van der Waals surface area contributed by atoms with Gasteiger partial charge in [-0.1, -0.05) is 13.0 Å². The molecule has 0 aliphatic carbocycles. The second kappa shape index (κ2) is 7.26. The number of hydrogen-bond donors (Lipinski definition) is 0. The molecule has 0 unspecified atom stereocenters. The van der Waals surface area contributed by atoms with E-state index < -0.39 is 15.8 Å². The Balaban J connectivity index is 1.62. The summed E-state index contributed by atoms with van der Waals surface area (Å²) in [5.41, 5.74) is 1.04. The van der Waals surface area contributed by atoms with Gasteiger partial charge in [-0.2, -0.15) is 4.31 Å². The Morgan fingerprint density at radius 3 is 2.62 bits per heavy atom. The Hall–Kier alpha value is -1.35. The van der Waals surface area contributed by atoms with E-state index in [2.05, 4.69) is 22.2 Å². The standard InChI is InChI=1S/C16H20FN3O2S2/c1-2-16-18-14(12-23-16)11-19-6-8-20(9-7-19)24(21,22)15-5-3-4-13(17)10-15/h3-5,10,12H,2,6-9,11H2,1H3. The summed E-state index contributed by atoms with van der Waals surface area (Å²) in [4.78, 5) is 6.77. The first-order chi connectivity index (χ1) is 11.5. The molecule has 0 N–H and O–H groups in total. The van der Waals surface area contributed by atoms with Gasteiger partial charge in [0.1, 0.15) is 5.82 Å². The number of halogens is 1. The van der Waals surface area contributed by atoms with E-state index in [1.807, 2.05) is 0 Å².